The van der Waals surface area contributed by atoms with Crippen LogP contribution in [0.1, 0.15) is 28.8 Å². The van der Waals surface area contributed by atoms with Gasteiger partial charge in [0.25, 0.3) is 0 Å². The van der Waals surface area contributed by atoms with Gasteiger partial charge in [-0.25, -0.2) is 4.98 Å². The quantitative estimate of drug-likeness (QED) is 0.710. The number of halogens is 1. The first kappa shape index (κ1) is 14.6. The summed E-state index contributed by atoms with van der Waals surface area (Å²) in [6, 6.07) is 6.39. The minimum atomic E-state index is 0.789. The zero-order valence-corrected chi connectivity index (χ0v) is 14.8. The number of benzene rings is 1. The molecule has 0 bridgehead atoms. The van der Waals surface area contributed by atoms with Crippen LogP contribution in [-0.2, 0) is 13.0 Å². The number of anilines is 1. The molecule has 3 aromatic rings. The second-order valence-electron chi connectivity index (χ2n) is 5.15. The SMILES string of the molecule is CCc1cc(Br)ccc1NCc1c(C)nc2sc(C)cn12. The van der Waals surface area contributed by atoms with Crippen LogP contribution in [-0.4, -0.2) is 9.38 Å². The third-order valence-corrected chi connectivity index (χ3v) is 5.03. The average molecular weight is 364 g/mol. The summed E-state index contributed by atoms with van der Waals surface area (Å²) >= 11 is 5.27. The number of imidazole rings is 1. The van der Waals surface area contributed by atoms with E-state index in [1.165, 1.54) is 21.8 Å². The minimum absolute atomic E-state index is 0.789. The van der Waals surface area contributed by atoms with Gasteiger partial charge in [-0.2, -0.15) is 0 Å². The first-order valence-electron chi connectivity index (χ1n) is 7.04. The second kappa shape index (κ2) is 5.81. The highest BCUT2D eigenvalue weighted by atomic mass is 79.9. The number of nitrogens with zero attached hydrogens (tertiary/aromatic N) is 2. The third kappa shape index (κ3) is 2.85. The van der Waals surface area contributed by atoms with Gasteiger partial charge in [-0.3, -0.25) is 4.40 Å². The van der Waals surface area contributed by atoms with Crippen LogP contribution in [0, 0.1) is 13.8 Å². The van der Waals surface area contributed by atoms with E-state index in [0.717, 1.165) is 28.1 Å². The number of fused-ring (bicyclic) bond motifs is 1. The molecule has 110 valence electrons. The molecule has 0 aliphatic rings. The smallest absolute Gasteiger partial charge is 0.194 e. The molecule has 1 aromatic carbocycles. The van der Waals surface area contributed by atoms with E-state index in [-0.39, 0.29) is 0 Å². The molecule has 0 saturated carbocycles. The lowest BCUT2D eigenvalue weighted by atomic mass is 10.1. The van der Waals surface area contributed by atoms with Crippen molar-refractivity contribution in [2.75, 3.05) is 5.32 Å². The maximum atomic E-state index is 4.64. The highest BCUT2D eigenvalue weighted by Crippen LogP contribution is 2.24. The van der Waals surface area contributed by atoms with Gasteiger partial charge in [0.15, 0.2) is 4.96 Å². The van der Waals surface area contributed by atoms with Gasteiger partial charge in [0, 0.05) is 21.2 Å². The Morgan fingerprint density at radius 1 is 1.33 bits per heavy atom. The summed E-state index contributed by atoms with van der Waals surface area (Å²) in [7, 11) is 0. The van der Waals surface area contributed by atoms with Gasteiger partial charge in [0.05, 0.1) is 17.9 Å². The fraction of sp³-hybridized carbons (Fsp3) is 0.312. The monoisotopic (exact) mass is 363 g/mol. The van der Waals surface area contributed by atoms with Crippen molar-refractivity contribution < 1.29 is 0 Å². The molecule has 2 aromatic heterocycles. The molecule has 3 rings (SSSR count). The molecule has 21 heavy (non-hydrogen) atoms. The van der Waals surface area contributed by atoms with Crippen molar-refractivity contribution in [1.29, 1.82) is 0 Å². The fourth-order valence-electron chi connectivity index (χ4n) is 2.53. The summed E-state index contributed by atoms with van der Waals surface area (Å²) in [5.74, 6) is 0. The third-order valence-electron chi connectivity index (χ3n) is 3.64. The Morgan fingerprint density at radius 3 is 2.90 bits per heavy atom. The van der Waals surface area contributed by atoms with Crippen molar-refractivity contribution >= 4 is 37.9 Å². The maximum Gasteiger partial charge on any atom is 0.194 e. The standard InChI is InChI=1S/C16H18BrN3S/c1-4-12-7-13(17)5-6-14(12)18-8-15-11(3)19-16-20(15)9-10(2)21-16/h5-7,9,18H,4,8H2,1-3H3. The average Bonchev–Trinajstić information content (AvgIpc) is 2.93. The van der Waals surface area contributed by atoms with Crippen molar-refractivity contribution in [3.63, 3.8) is 0 Å². The summed E-state index contributed by atoms with van der Waals surface area (Å²) in [6.07, 6.45) is 3.18. The number of thiazole rings is 1. The molecule has 0 fully saturated rings. The molecule has 2 heterocycles. The molecule has 5 heteroatoms. The predicted octanol–water partition coefficient (Wildman–Crippen LogP) is 4.95. The molecule has 1 N–H and O–H groups in total. The normalized spacial score (nSPS) is 11.2. The van der Waals surface area contributed by atoms with E-state index in [2.05, 4.69) is 75.8 Å². The number of aryl methyl sites for hydroxylation is 3. The molecule has 0 saturated heterocycles. The van der Waals surface area contributed by atoms with Crippen LogP contribution < -0.4 is 5.32 Å². The van der Waals surface area contributed by atoms with E-state index < -0.39 is 0 Å². The molecule has 0 atom stereocenters. The zero-order valence-electron chi connectivity index (χ0n) is 12.4. The molecule has 0 aliphatic heterocycles. The van der Waals surface area contributed by atoms with Crippen LogP contribution in [0.5, 0.6) is 0 Å². The Labute approximate surface area is 137 Å². The predicted molar refractivity (Wildman–Crippen MR) is 93.4 cm³/mol. The van der Waals surface area contributed by atoms with Gasteiger partial charge >= 0.3 is 0 Å². The fourth-order valence-corrected chi connectivity index (χ4v) is 3.83. The second-order valence-corrected chi connectivity index (χ2v) is 7.28. The van der Waals surface area contributed by atoms with Gasteiger partial charge in [0.1, 0.15) is 0 Å². The highest BCUT2D eigenvalue weighted by Gasteiger charge is 2.11. The lowest BCUT2D eigenvalue weighted by molar-refractivity contribution is 0.984. The van der Waals surface area contributed by atoms with Crippen LogP contribution in [0.2, 0.25) is 0 Å². The van der Waals surface area contributed by atoms with E-state index in [9.17, 15) is 0 Å². The first-order valence-corrected chi connectivity index (χ1v) is 8.65. The molecule has 0 unspecified atom stereocenters. The zero-order chi connectivity index (χ0) is 15.0. The number of hydrogen-bond donors (Lipinski definition) is 1. The first-order chi connectivity index (χ1) is 10.1. The van der Waals surface area contributed by atoms with Crippen molar-refractivity contribution in [1.82, 2.24) is 9.38 Å². The van der Waals surface area contributed by atoms with Crippen LogP contribution in [0.25, 0.3) is 4.96 Å². The van der Waals surface area contributed by atoms with Crippen molar-refractivity contribution in [2.45, 2.75) is 33.7 Å². The van der Waals surface area contributed by atoms with Crippen LogP contribution >= 0.6 is 27.3 Å². The Balaban J connectivity index is 1.88. The molecule has 3 nitrogen and oxygen atoms in total. The molecular formula is C16H18BrN3S. The van der Waals surface area contributed by atoms with Gasteiger partial charge in [-0.05, 0) is 44.0 Å². The highest BCUT2D eigenvalue weighted by molar-refractivity contribution is 9.10. The molecular weight excluding hydrogens is 346 g/mol. The molecule has 0 aliphatic carbocycles. The number of aromatic nitrogens is 2. The molecule has 0 radical (unpaired) electrons. The van der Waals surface area contributed by atoms with Gasteiger partial charge in [-0.1, -0.05) is 22.9 Å². The Kier molecular flexibility index (Phi) is 4.04. The largest absolute Gasteiger partial charge is 0.379 e. The van der Waals surface area contributed by atoms with Crippen molar-refractivity contribution in [2.24, 2.45) is 0 Å². The Morgan fingerprint density at radius 2 is 2.14 bits per heavy atom. The summed E-state index contributed by atoms with van der Waals surface area (Å²) in [5.41, 5.74) is 4.86. The molecule has 0 amide bonds. The number of rotatable bonds is 4. The maximum absolute atomic E-state index is 4.64. The van der Waals surface area contributed by atoms with Crippen molar-refractivity contribution in [3.05, 3.63) is 50.7 Å². The van der Waals surface area contributed by atoms with Gasteiger partial charge < -0.3 is 5.32 Å². The van der Waals surface area contributed by atoms with Crippen molar-refractivity contribution in [3.8, 4) is 0 Å². The van der Waals surface area contributed by atoms with Crippen LogP contribution in [0.15, 0.2) is 28.9 Å². The topological polar surface area (TPSA) is 29.3 Å². The Hall–Kier alpha value is -1.33. The number of nitrogens with one attached hydrogen (secondary N) is 1. The summed E-state index contributed by atoms with van der Waals surface area (Å²) in [6.45, 7) is 7.17. The van der Waals surface area contributed by atoms with Gasteiger partial charge in [0.2, 0.25) is 0 Å². The Bertz CT molecular complexity index is 788. The van der Waals surface area contributed by atoms with E-state index in [4.69, 9.17) is 0 Å². The van der Waals surface area contributed by atoms with Gasteiger partial charge in [-0.15, -0.1) is 11.3 Å². The van der Waals surface area contributed by atoms with E-state index in [1.807, 2.05) is 0 Å². The van der Waals surface area contributed by atoms with E-state index in [0.29, 0.717) is 0 Å². The summed E-state index contributed by atoms with van der Waals surface area (Å²) in [4.78, 5) is 7.00. The van der Waals surface area contributed by atoms with E-state index >= 15 is 0 Å². The molecule has 0 spiro atoms. The lowest BCUT2D eigenvalue weighted by Crippen LogP contribution is -2.05. The lowest BCUT2D eigenvalue weighted by Gasteiger charge is -2.11. The minimum Gasteiger partial charge on any atom is -0.379 e. The van der Waals surface area contributed by atoms with Crippen LogP contribution in [0.4, 0.5) is 5.69 Å². The summed E-state index contributed by atoms with van der Waals surface area (Å²) < 4.78 is 3.33. The van der Waals surface area contributed by atoms with Crippen LogP contribution in [0.3, 0.4) is 0 Å². The van der Waals surface area contributed by atoms with E-state index in [1.54, 1.807) is 11.3 Å². The number of hydrogen-bond acceptors (Lipinski definition) is 3. The summed E-state index contributed by atoms with van der Waals surface area (Å²) in [5, 5.41) is 3.56.